The average molecular weight is 313 g/mol. The quantitative estimate of drug-likeness (QED) is 0.751. The zero-order valence-electron chi connectivity index (χ0n) is 10.7. The van der Waals surface area contributed by atoms with Crippen molar-refractivity contribution in [2.45, 2.75) is 38.6 Å². The minimum Gasteiger partial charge on any atom is -0.398 e. The molecule has 0 aromatic heterocycles. The van der Waals surface area contributed by atoms with E-state index in [1.807, 2.05) is 13.0 Å². The third kappa shape index (κ3) is 2.98. The van der Waals surface area contributed by atoms with Crippen molar-refractivity contribution in [2.75, 3.05) is 17.7 Å². The van der Waals surface area contributed by atoms with E-state index >= 15 is 0 Å². The van der Waals surface area contributed by atoms with Gasteiger partial charge >= 0.3 is 0 Å². The van der Waals surface area contributed by atoms with Crippen LogP contribution in [0, 0.1) is 12.8 Å². The molecule has 2 rings (SSSR count). The Hall–Kier alpha value is -0.740. The lowest BCUT2D eigenvalue weighted by Gasteiger charge is -2.32. The van der Waals surface area contributed by atoms with E-state index in [1.54, 1.807) is 0 Å². The fourth-order valence-corrected chi connectivity index (χ4v) is 3.10. The number of aliphatic hydroxyl groups excluding tert-OH is 1. The first kappa shape index (κ1) is 13.7. The second-order valence-electron chi connectivity index (χ2n) is 5.17. The molecule has 1 aliphatic rings. The van der Waals surface area contributed by atoms with E-state index in [2.05, 4.69) is 27.3 Å². The van der Waals surface area contributed by atoms with E-state index in [-0.39, 0.29) is 6.61 Å². The van der Waals surface area contributed by atoms with Crippen LogP contribution in [0.5, 0.6) is 0 Å². The van der Waals surface area contributed by atoms with Gasteiger partial charge in [0.2, 0.25) is 0 Å². The molecule has 0 saturated heterocycles. The normalized spacial score (nSPS) is 23.9. The summed E-state index contributed by atoms with van der Waals surface area (Å²) in [5, 5.41) is 13.0. The van der Waals surface area contributed by atoms with Crippen LogP contribution in [0.2, 0.25) is 0 Å². The smallest absolute Gasteiger partial charge is 0.0491 e. The van der Waals surface area contributed by atoms with Crippen LogP contribution in [-0.2, 0) is 0 Å². The van der Waals surface area contributed by atoms with E-state index < -0.39 is 0 Å². The molecule has 1 saturated carbocycles. The summed E-state index contributed by atoms with van der Waals surface area (Å²) >= 11 is 3.54. The SMILES string of the molecule is Cc1cc(NC2CCCCC2CO)c(Br)cc1N. The molecule has 0 heterocycles. The number of rotatable bonds is 3. The van der Waals surface area contributed by atoms with E-state index in [9.17, 15) is 5.11 Å². The maximum absolute atomic E-state index is 9.44. The molecule has 1 aromatic rings. The van der Waals surface area contributed by atoms with Crippen LogP contribution in [0.4, 0.5) is 11.4 Å². The monoisotopic (exact) mass is 312 g/mol. The molecule has 2 unspecified atom stereocenters. The summed E-state index contributed by atoms with van der Waals surface area (Å²) in [6.07, 6.45) is 4.70. The Bertz CT molecular complexity index is 423. The first-order valence-corrected chi connectivity index (χ1v) is 7.34. The molecular weight excluding hydrogens is 292 g/mol. The Balaban J connectivity index is 2.15. The Kier molecular flexibility index (Phi) is 4.51. The van der Waals surface area contributed by atoms with Crippen molar-refractivity contribution >= 4 is 27.3 Å². The van der Waals surface area contributed by atoms with Gasteiger partial charge in [-0.15, -0.1) is 0 Å². The number of nitrogens with two attached hydrogens (primary N) is 1. The van der Waals surface area contributed by atoms with Crippen molar-refractivity contribution in [3.63, 3.8) is 0 Å². The fourth-order valence-electron chi connectivity index (χ4n) is 2.62. The standard InChI is InChI=1S/C14H21BrN2O/c1-9-6-14(11(15)7-12(9)16)17-13-5-3-2-4-10(13)8-18/h6-7,10,13,17-18H,2-5,8,16H2,1H3. The second-order valence-corrected chi connectivity index (χ2v) is 6.02. The molecule has 100 valence electrons. The van der Waals surface area contributed by atoms with E-state index in [0.29, 0.717) is 12.0 Å². The van der Waals surface area contributed by atoms with Crippen LogP contribution < -0.4 is 11.1 Å². The summed E-state index contributed by atoms with van der Waals surface area (Å²) in [5.74, 6) is 0.364. The number of anilines is 2. The number of benzene rings is 1. The van der Waals surface area contributed by atoms with Crippen molar-refractivity contribution < 1.29 is 5.11 Å². The lowest BCUT2D eigenvalue weighted by atomic mass is 9.85. The Labute approximate surface area is 117 Å². The van der Waals surface area contributed by atoms with E-state index in [0.717, 1.165) is 34.3 Å². The van der Waals surface area contributed by atoms with Gasteiger partial charge in [0.15, 0.2) is 0 Å². The molecule has 0 amide bonds. The summed E-state index contributed by atoms with van der Waals surface area (Å²) in [7, 11) is 0. The molecule has 4 N–H and O–H groups in total. The highest BCUT2D eigenvalue weighted by molar-refractivity contribution is 9.10. The summed E-state index contributed by atoms with van der Waals surface area (Å²) in [5.41, 5.74) is 8.84. The molecule has 1 fully saturated rings. The topological polar surface area (TPSA) is 58.3 Å². The van der Waals surface area contributed by atoms with Gasteiger partial charge in [0.1, 0.15) is 0 Å². The lowest BCUT2D eigenvalue weighted by Crippen LogP contribution is -2.34. The molecule has 0 bridgehead atoms. The summed E-state index contributed by atoms with van der Waals surface area (Å²) in [6.45, 7) is 2.28. The summed E-state index contributed by atoms with van der Waals surface area (Å²) < 4.78 is 0.993. The number of halogens is 1. The van der Waals surface area contributed by atoms with Crippen LogP contribution in [0.1, 0.15) is 31.2 Å². The maximum atomic E-state index is 9.44. The number of hydrogen-bond acceptors (Lipinski definition) is 3. The molecule has 3 nitrogen and oxygen atoms in total. The maximum Gasteiger partial charge on any atom is 0.0491 e. The first-order valence-electron chi connectivity index (χ1n) is 6.55. The van der Waals surface area contributed by atoms with Crippen molar-refractivity contribution in [1.29, 1.82) is 0 Å². The van der Waals surface area contributed by atoms with Gasteiger partial charge in [0.05, 0.1) is 0 Å². The molecule has 0 spiro atoms. The van der Waals surface area contributed by atoms with Gasteiger partial charge in [0.25, 0.3) is 0 Å². The van der Waals surface area contributed by atoms with E-state index in [4.69, 9.17) is 5.73 Å². The van der Waals surface area contributed by atoms with Crippen molar-refractivity contribution in [2.24, 2.45) is 5.92 Å². The zero-order valence-corrected chi connectivity index (χ0v) is 12.3. The second kappa shape index (κ2) is 5.93. The van der Waals surface area contributed by atoms with Crippen molar-refractivity contribution in [1.82, 2.24) is 0 Å². The zero-order chi connectivity index (χ0) is 13.1. The number of aryl methyl sites for hydroxylation is 1. The number of hydrogen-bond donors (Lipinski definition) is 3. The predicted octanol–water partition coefficient (Wildman–Crippen LogP) is 3.30. The van der Waals surface area contributed by atoms with Gasteiger partial charge in [-0.1, -0.05) is 12.8 Å². The highest BCUT2D eigenvalue weighted by atomic mass is 79.9. The Morgan fingerprint density at radius 1 is 1.39 bits per heavy atom. The van der Waals surface area contributed by atoms with Gasteiger partial charge in [-0.05, 0) is 53.4 Å². The molecule has 1 aliphatic carbocycles. The van der Waals surface area contributed by atoms with Crippen LogP contribution in [0.3, 0.4) is 0 Å². The lowest BCUT2D eigenvalue weighted by molar-refractivity contribution is 0.178. The number of aliphatic hydroxyl groups is 1. The molecule has 0 radical (unpaired) electrons. The van der Waals surface area contributed by atoms with Crippen LogP contribution >= 0.6 is 15.9 Å². The molecular formula is C14H21BrN2O. The fraction of sp³-hybridized carbons (Fsp3) is 0.571. The highest BCUT2D eigenvalue weighted by Crippen LogP contribution is 2.32. The van der Waals surface area contributed by atoms with Gasteiger partial charge in [-0.3, -0.25) is 0 Å². The van der Waals surface area contributed by atoms with Crippen LogP contribution in [0.25, 0.3) is 0 Å². The summed E-state index contributed by atoms with van der Waals surface area (Å²) in [4.78, 5) is 0. The molecule has 2 atom stereocenters. The minimum absolute atomic E-state index is 0.267. The highest BCUT2D eigenvalue weighted by Gasteiger charge is 2.24. The number of nitrogen functional groups attached to an aromatic ring is 1. The Morgan fingerprint density at radius 3 is 2.83 bits per heavy atom. The molecule has 1 aromatic carbocycles. The molecule has 18 heavy (non-hydrogen) atoms. The van der Waals surface area contributed by atoms with Gasteiger partial charge in [-0.2, -0.15) is 0 Å². The molecule has 4 heteroatoms. The van der Waals surface area contributed by atoms with Crippen LogP contribution in [-0.4, -0.2) is 17.8 Å². The van der Waals surface area contributed by atoms with Crippen molar-refractivity contribution in [3.05, 3.63) is 22.2 Å². The largest absolute Gasteiger partial charge is 0.398 e. The van der Waals surface area contributed by atoms with Crippen LogP contribution in [0.15, 0.2) is 16.6 Å². The van der Waals surface area contributed by atoms with E-state index in [1.165, 1.54) is 12.8 Å². The third-order valence-electron chi connectivity index (χ3n) is 3.84. The average Bonchev–Trinajstić information content (AvgIpc) is 2.36. The van der Waals surface area contributed by atoms with Gasteiger partial charge < -0.3 is 16.2 Å². The first-order chi connectivity index (χ1) is 8.61. The van der Waals surface area contributed by atoms with Crippen molar-refractivity contribution in [3.8, 4) is 0 Å². The van der Waals surface area contributed by atoms with Gasteiger partial charge in [0, 0.05) is 34.4 Å². The van der Waals surface area contributed by atoms with Gasteiger partial charge in [-0.25, -0.2) is 0 Å². The minimum atomic E-state index is 0.267. The predicted molar refractivity (Wildman–Crippen MR) is 79.7 cm³/mol. The third-order valence-corrected chi connectivity index (χ3v) is 4.50. The number of nitrogens with one attached hydrogen (secondary N) is 1. The summed E-state index contributed by atoms with van der Waals surface area (Å²) in [6, 6.07) is 4.37. The molecule has 0 aliphatic heterocycles. The Morgan fingerprint density at radius 2 is 2.11 bits per heavy atom.